The highest BCUT2D eigenvalue weighted by molar-refractivity contribution is 5.95. The van der Waals surface area contributed by atoms with Gasteiger partial charge >= 0.3 is 6.09 Å². The molecule has 21 heavy (non-hydrogen) atoms. The second-order valence-electron chi connectivity index (χ2n) is 8.45. The van der Waals surface area contributed by atoms with Gasteiger partial charge in [-0.1, -0.05) is 12.1 Å². The fraction of sp³-hybridized carbons (Fsp3) is 0.875. The van der Waals surface area contributed by atoms with E-state index in [0.29, 0.717) is 11.8 Å². The number of rotatable bonds is 1. The number of carbonyl (C=O) groups is 1. The van der Waals surface area contributed by atoms with Crippen molar-refractivity contribution in [1.29, 1.82) is 0 Å². The summed E-state index contributed by atoms with van der Waals surface area (Å²) in [6.45, 7) is 13.6. The van der Waals surface area contributed by atoms with E-state index in [2.05, 4.69) is 25.9 Å². The van der Waals surface area contributed by atoms with Crippen LogP contribution in [0.25, 0.3) is 0 Å². The first-order chi connectivity index (χ1) is 9.53. The minimum absolute atomic E-state index is 0.117. The van der Waals surface area contributed by atoms with Crippen molar-refractivity contribution in [3.63, 3.8) is 0 Å². The number of ether oxygens (including phenoxy) is 1. The standard InChI is InChI=1S/C16H26N2O3/c1-14(2,3)20-13(19)18-8-10-11(9-18)16(10,6)12-7-15(4,5)21-17-12/h10-11H,7-9H2,1-6H3/t10-,11+,16-. The molecule has 0 aromatic rings. The minimum Gasteiger partial charge on any atom is -0.444 e. The third-order valence-corrected chi connectivity index (χ3v) is 5.02. The molecule has 5 heteroatoms. The van der Waals surface area contributed by atoms with Crippen molar-refractivity contribution < 1.29 is 14.4 Å². The highest BCUT2D eigenvalue weighted by Crippen LogP contribution is 2.64. The van der Waals surface area contributed by atoms with Crippen LogP contribution in [0.1, 0.15) is 48.0 Å². The van der Waals surface area contributed by atoms with Gasteiger partial charge in [-0.15, -0.1) is 0 Å². The number of carbonyl (C=O) groups excluding carboxylic acids is 1. The molecule has 0 bridgehead atoms. The van der Waals surface area contributed by atoms with Gasteiger partial charge in [0.1, 0.15) is 11.2 Å². The SMILES string of the molecule is CC(C)(C)OC(=O)N1C[C@@H]2[C@H](C1)[C@]2(C)C1=NOC(C)(C)C1. The Balaban J connectivity index is 1.60. The summed E-state index contributed by atoms with van der Waals surface area (Å²) in [4.78, 5) is 19.5. The maximum absolute atomic E-state index is 12.1. The van der Waals surface area contributed by atoms with E-state index < -0.39 is 5.60 Å². The Morgan fingerprint density at radius 2 is 1.86 bits per heavy atom. The maximum atomic E-state index is 12.1. The van der Waals surface area contributed by atoms with Gasteiger partial charge in [0, 0.05) is 24.9 Å². The lowest BCUT2D eigenvalue weighted by Crippen LogP contribution is -2.39. The summed E-state index contributed by atoms with van der Waals surface area (Å²) in [7, 11) is 0. The number of fused-ring (bicyclic) bond motifs is 1. The fourth-order valence-electron chi connectivity index (χ4n) is 3.72. The van der Waals surface area contributed by atoms with E-state index in [1.165, 1.54) is 5.71 Å². The molecule has 5 nitrogen and oxygen atoms in total. The molecule has 1 amide bonds. The van der Waals surface area contributed by atoms with Crippen LogP contribution >= 0.6 is 0 Å². The predicted octanol–water partition coefficient (Wildman–Crippen LogP) is 3.04. The summed E-state index contributed by atoms with van der Waals surface area (Å²) >= 11 is 0. The van der Waals surface area contributed by atoms with Crippen LogP contribution in [0.2, 0.25) is 0 Å². The molecular weight excluding hydrogens is 268 g/mol. The Bertz CT molecular complexity index is 492. The average Bonchev–Trinajstić information content (AvgIpc) is 2.73. The molecule has 0 aromatic carbocycles. The van der Waals surface area contributed by atoms with Crippen LogP contribution in [-0.4, -0.2) is 41.0 Å². The van der Waals surface area contributed by atoms with Gasteiger partial charge in [0.15, 0.2) is 0 Å². The molecule has 0 N–H and O–H groups in total. The fourth-order valence-corrected chi connectivity index (χ4v) is 3.72. The Labute approximate surface area is 126 Å². The smallest absolute Gasteiger partial charge is 0.410 e. The predicted molar refractivity (Wildman–Crippen MR) is 80.1 cm³/mol. The second-order valence-corrected chi connectivity index (χ2v) is 8.45. The molecular formula is C16H26N2O3. The van der Waals surface area contributed by atoms with Crippen LogP contribution in [0.15, 0.2) is 5.16 Å². The van der Waals surface area contributed by atoms with Crippen LogP contribution in [0.5, 0.6) is 0 Å². The Kier molecular flexibility index (Phi) is 2.89. The summed E-state index contributed by atoms with van der Waals surface area (Å²) < 4.78 is 5.45. The highest BCUT2D eigenvalue weighted by Gasteiger charge is 2.69. The normalized spacial score (nSPS) is 36.9. The zero-order chi connectivity index (χ0) is 15.6. The van der Waals surface area contributed by atoms with Crippen LogP contribution in [0, 0.1) is 17.3 Å². The minimum atomic E-state index is -0.430. The van der Waals surface area contributed by atoms with Crippen LogP contribution in [0.4, 0.5) is 4.79 Å². The van der Waals surface area contributed by atoms with Gasteiger partial charge in [-0.2, -0.15) is 0 Å². The zero-order valence-electron chi connectivity index (χ0n) is 13.9. The van der Waals surface area contributed by atoms with E-state index in [1.807, 2.05) is 25.7 Å². The first kappa shape index (κ1) is 14.7. The van der Waals surface area contributed by atoms with Gasteiger partial charge in [0.05, 0.1) is 5.71 Å². The lowest BCUT2D eigenvalue weighted by atomic mass is 9.89. The third kappa shape index (κ3) is 2.40. The number of piperidine rings is 1. The van der Waals surface area contributed by atoms with Gasteiger partial charge in [0.25, 0.3) is 0 Å². The number of hydrogen-bond donors (Lipinski definition) is 0. The summed E-state index contributed by atoms with van der Waals surface area (Å²) in [5.41, 5.74) is 0.679. The van der Waals surface area contributed by atoms with Crippen LogP contribution in [-0.2, 0) is 9.57 Å². The van der Waals surface area contributed by atoms with Crippen LogP contribution in [0.3, 0.4) is 0 Å². The number of amides is 1. The molecule has 0 aromatic heterocycles. The number of likely N-dealkylation sites (tertiary alicyclic amines) is 1. The second kappa shape index (κ2) is 4.14. The van der Waals surface area contributed by atoms with Crippen molar-refractivity contribution in [3.8, 4) is 0 Å². The third-order valence-electron chi connectivity index (χ3n) is 5.02. The average molecular weight is 294 g/mol. The topological polar surface area (TPSA) is 51.1 Å². The lowest BCUT2D eigenvalue weighted by molar-refractivity contribution is 0.0123. The van der Waals surface area contributed by atoms with Crippen molar-refractivity contribution in [3.05, 3.63) is 0 Å². The first-order valence-corrected chi connectivity index (χ1v) is 7.76. The molecule has 2 fully saturated rings. The van der Waals surface area contributed by atoms with Crippen molar-refractivity contribution >= 4 is 11.8 Å². The van der Waals surface area contributed by atoms with Gasteiger partial charge in [-0.05, 0) is 46.5 Å². The summed E-state index contributed by atoms with van der Waals surface area (Å²) in [6.07, 6.45) is 0.699. The molecule has 1 saturated carbocycles. The number of hydrogen-bond acceptors (Lipinski definition) is 4. The van der Waals surface area contributed by atoms with Gasteiger partial charge in [-0.3, -0.25) is 0 Å². The molecule has 3 atom stereocenters. The first-order valence-electron chi connectivity index (χ1n) is 7.76. The lowest BCUT2D eigenvalue weighted by Gasteiger charge is -2.27. The summed E-state index contributed by atoms with van der Waals surface area (Å²) in [5, 5.41) is 4.32. The summed E-state index contributed by atoms with van der Waals surface area (Å²) in [6, 6.07) is 0. The quantitative estimate of drug-likeness (QED) is 0.747. The maximum Gasteiger partial charge on any atom is 0.410 e. The molecule has 1 aliphatic carbocycles. The Hall–Kier alpha value is -1.26. The van der Waals surface area contributed by atoms with E-state index in [-0.39, 0.29) is 17.1 Å². The molecule has 118 valence electrons. The van der Waals surface area contributed by atoms with Gasteiger partial charge in [-0.25, -0.2) is 4.79 Å². The monoisotopic (exact) mass is 294 g/mol. The highest BCUT2D eigenvalue weighted by atomic mass is 16.7. The number of oxime groups is 1. The van der Waals surface area contributed by atoms with E-state index >= 15 is 0 Å². The number of nitrogens with zero attached hydrogens (tertiary/aromatic N) is 2. The van der Waals surface area contributed by atoms with E-state index in [1.54, 1.807) is 0 Å². The Morgan fingerprint density at radius 1 is 1.29 bits per heavy atom. The molecule has 2 heterocycles. The van der Waals surface area contributed by atoms with E-state index in [9.17, 15) is 4.79 Å². The molecule has 0 unspecified atom stereocenters. The van der Waals surface area contributed by atoms with Crippen molar-refractivity contribution in [2.24, 2.45) is 22.4 Å². The molecule has 3 aliphatic rings. The molecule has 0 spiro atoms. The van der Waals surface area contributed by atoms with E-state index in [4.69, 9.17) is 9.57 Å². The van der Waals surface area contributed by atoms with Crippen molar-refractivity contribution in [2.45, 2.75) is 59.2 Å². The zero-order valence-corrected chi connectivity index (χ0v) is 13.9. The molecule has 0 radical (unpaired) electrons. The summed E-state index contributed by atoms with van der Waals surface area (Å²) in [5.74, 6) is 1.00. The Morgan fingerprint density at radius 3 is 2.29 bits per heavy atom. The van der Waals surface area contributed by atoms with Crippen molar-refractivity contribution in [2.75, 3.05) is 13.1 Å². The van der Waals surface area contributed by atoms with Crippen molar-refractivity contribution in [1.82, 2.24) is 4.90 Å². The largest absolute Gasteiger partial charge is 0.444 e. The van der Waals surface area contributed by atoms with Crippen LogP contribution < -0.4 is 0 Å². The molecule has 3 rings (SSSR count). The molecule has 2 aliphatic heterocycles. The molecule has 1 saturated heterocycles. The van der Waals surface area contributed by atoms with E-state index in [0.717, 1.165) is 19.5 Å². The van der Waals surface area contributed by atoms with Gasteiger partial charge < -0.3 is 14.5 Å². The van der Waals surface area contributed by atoms with Gasteiger partial charge in [0.2, 0.25) is 0 Å².